The van der Waals surface area contributed by atoms with Crippen molar-refractivity contribution < 1.29 is 18.0 Å². The van der Waals surface area contributed by atoms with E-state index in [2.05, 4.69) is 10.2 Å². The van der Waals surface area contributed by atoms with Crippen molar-refractivity contribution in [3.05, 3.63) is 17.5 Å². The van der Waals surface area contributed by atoms with E-state index in [0.29, 0.717) is 11.3 Å². The molecule has 4 nitrogen and oxygen atoms in total. The lowest BCUT2D eigenvalue weighted by Crippen LogP contribution is -2.42. The number of aromatic nitrogens is 2. The molecule has 0 aliphatic carbocycles. The molecule has 1 aliphatic heterocycles. The van der Waals surface area contributed by atoms with Gasteiger partial charge >= 0.3 is 6.18 Å². The van der Waals surface area contributed by atoms with E-state index in [1.54, 1.807) is 6.92 Å². The maximum absolute atomic E-state index is 12.5. The summed E-state index contributed by atoms with van der Waals surface area (Å²) in [5.74, 6) is -1.53. The van der Waals surface area contributed by atoms with E-state index in [-0.39, 0.29) is 31.8 Å². The van der Waals surface area contributed by atoms with Crippen LogP contribution in [0.5, 0.6) is 0 Å². The van der Waals surface area contributed by atoms with E-state index in [1.807, 2.05) is 0 Å². The Kier molecular flexibility index (Phi) is 3.32. The van der Waals surface area contributed by atoms with Crippen LogP contribution >= 0.6 is 0 Å². The number of piperidine rings is 1. The predicted octanol–water partition coefficient (Wildman–Crippen LogP) is 2.13. The van der Waals surface area contributed by atoms with Gasteiger partial charge in [-0.15, -0.1) is 0 Å². The van der Waals surface area contributed by atoms with E-state index in [4.69, 9.17) is 0 Å². The van der Waals surface area contributed by atoms with E-state index in [9.17, 15) is 18.0 Å². The van der Waals surface area contributed by atoms with Gasteiger partial charge < -0.3 is 4.90 Å². The highest BCUT2D eigenvalue weighted by Gasteiger charge is 2.41. The number of likely N-dealkylation sites (tertiary alicyclic amines) is 1. The van der Waals surface area contributed by atoms with E-state index < -0.39 is 12.1 Å². The molecule has 0 unspecified atom stereocenters. The summed E-state index contributed by atoms with van der Waals surface area (Å²) >= 11 is 0. The van der Waals surface area contributed by atoms with Crippen molar-refractivity contribution in [2.24, 2.45) is 5.92 Å². The zero-order valence-corrected chi connectivity index (χ0v) is 9.92. The van der Waals surface area contributed by atoms with Crippen molar-refractivity contribution in [3.8, 4) is 0 Å². The summed E-state index contributed by atoms with van der Waals surface area (Å²) in [5.41, 5.74) is 1.07. The van der Waals surface area contributed by atoms with Gasteiger partial charge in [0.05, 0.1) is 17.7 Å². The number of hydrogen-bond donors (Lipinski definition) is 1. The Morgan fingerprint density at radius 1 is 1.44 bits per heavy atom. The predicted molar refractivity (Wildman–Crippen MR) is 58.0 cm³/mol. The summed E-state index contributed by atoms with van der Waals surface area (Å²) in [6.07, 6.45) is -2.79. The van der Waals surface area contributed by atoms with E-state index in [0.717, 1.165) is 0 Å². The fraction of sp³-hybridized carbons (Fsp3) is 0.636. The van der Waals surface area contributed by atoms with Gasteiger partial charge in [-0.2, -0.15) is 18.3 Å². The first-order valence-corrected chi connectivity index (χ1v) is 5.75. The molecule has 1 aromatic heterocycles. The van der Waals surface area contributed by atoms with Gasteiger partial charge in [0.25, 0.3) is 5.91 Å². The molecule has 0 spiro atoms. The average molecular weight is 261 g/mol. The molecule has 1 aromatic rings. The number of carbonyl (C=O) groups excluding carboxylic acids is 1. The molecule has 7 heteroatoms. The van der Waals surface area contributed by atoms with E-state index in [1.165, 1.54) is 11.1 Å². The van der Waals surface area contributed by atoms with Crippen molar-refractivity contribution in [1.82, 2.24) is 15.1 Å². The van der Waals surface area contributed by atoms with Crippen LogP contribution in [0.15, 0.2) is 6.20 Å². The Morgan fingerprint density at radius 2 is 2.06 bits per heavy atom. The first-order valence-electron chi connectivity index (χ1n) is 5.75. The van der Waals surface area contributed by atoms with Crippen LogP contribution in [0.1, 0.15) is 28.9 Å². The Morgan fingerprint density at radius 3 is 2.50 bits per heavy atom. The molecule has 1 amide bonds. The normalized spacial score (nSPS) is 18.1. The summed E-state index contributed by atoms with van der Waals surface area (Å²) in [5, 5.41) is 6.38. The zero-order valence-electron chi connectivity index (χ0n) is 9.92. The number of nitrogens with one attached hydrogen (secondary N) is 1. The number of alkyl halides is 3. The second-order valence-electron chi connectivity index (χ2n) is 4.52. The standard InChI is InChI=1S/C11H14F3N3O/c1-7-9(6-15-16-7)10(18)17-4-2-8(3-5-17)11(12,13)14/h6,8H,2-5H2,1H3,(H,15,16). The van der Waals surface area contributed by atoms with E-state index >= 15 is 0 Å². The van der Waals surface area contributed by atoms with Gasteiger partial charge in [0.1, 0.15) is 0 Å². The topological polar surface area (TPSA) is 49.0 Å². The van der Waals surface area contributed by atoms with Gasteiger partial charge in [0.2, 0.25) is 0 Å². The molecule has 0 atom stereocenters. The van der Waals surface area contributed by atoms with Crippen molar-refractivity contribution in [2.75, 3.05) is 13.1 Å². The first kappa shape index (κ1) is 12.9. The second-order valence-corrected chi connectivity index (χ2v) is 4.52. The maximum atomic E-state index is 12.5. The van der Waals surface area contributed by atoms with Crippen LogP contribution in [0.2, 0.25) is 0 Å². The third kappa shape index (κ3) is 2.49. The summed E-state index contributed by atoms with van der Waals surface area (Å²) in [6.45, 7) is 2.00. The number of rotatable bonds is 1. The fourth-order valence-corrected chi connectivity index (χ4v) is 2.15. The number of aryl methyl sites for hydroxylation is 1. The molecule has 1 aliphatic rings. The minimum Gasteiger partial charge on any atom is -0.339 e. The molecule has 0 bridgehead atoms. The third-order valence-electron chi connectivity index (χ3n) is 3.31. The van der Waals surface area contributed by atoms with Crippen molar-refractivity contribution in [2.45, 2.75) is 25.9 Å². The lowest BCUT2D eigenvalue weighted by molar-refractivity contribution is -0.183. The smallest absolute Gasteiger partial charge is 0.339 e. The number of H-pyrrole nitrogens is 1. The van der Waals surface area contributed by atoms with Crippen LogP contribution in [-0.2, 0) is 0 Å². The van der Waals surface area contributed by atoms with Gasteiger partial charge in [0, 0.05) is 18.8 Å². The lowest BCUT2D eigenvalue weighted by atomic mass is 9.96. The molecule has 2 heterocycles. The van der Waals surface area contributed by atoms with Crippen molar-refractivity contribution in [1.29, 1.82) is 0 Å². The van der Waals surface area contributed by atoms with Gasteiger partial charge in [-0.1, -0.05) is 0 Å². The first-order chi connectivity index (χ1) is 8.39. The molecule has 2 rings (SSSR count). The molecule has 0 saturated carbocycles. The Bertz CT molecular complexity index is 433. The van der Waals surface area contributed by atoms with Crippen molar-refractivity contribution in [3.63, 3.8) is 0 Å². The maximum Gasteiger partial charge on any atom is 0.391 e. The van der Waals surface area contributed by atoms with Gasteiger partial charge in [-0.3, -0.25) is 9.89 Å². The number of carbonyl (C=O) groups is 1. The molecule has 18 heavy (non-hydrogen) atoms. The highest BCUT2D eigenvalue weighted by Crippen LogP contribution is 2.34. The van der Waals surface area contributed by atoms with Crippen LogP contribution in [-0.4, -0.2) is 40.3 Å². The van der Waals surface area contributed by atoms with Crippen LogP contribution in [0.3, 0.4) is 0 Å². The SMILES string of the molecule is Cc1[nH]ncc1C(=O)N1CCC(C(F)(F)F)CC1. The van der Waals surface area contributed by atoms with Crippen molar-refractivity contribution >= 4 is 5.91 Å². The van der Waals surface area contributed by atoms with Gasteiger partial charge in [-0.25, -0.2) is 0 Å². The molecule has 0 aromatic carbocycles. The number of halogens is 3. The van der Waals surface area contributed by atoms with Crippen LogP contribution in [0.4, 0.5) is 13.2 Å². The molecule has 1 N–H and O–H groups in total. The molecule has 1 fully saturated rings. The highest BCUT2D eigenvalue weighted by molar-refractivity contribution is 5.95. The Hall–Kier alpha value is -1.53. The van der Waals surface area contributed by atoms with Gasteiger partial charge in [-0.05, 0) is 19.8 Å². The quantitative estimate of drug-likeness (QED) is 0.842. The summed E-state index contributed by atoms with van der Waals surface area (Å²) in [4.78, 5) is 13.5. The molecular weight excluding hydrogens is 247 g/mol. The van der Waals surface area contributed by atoms with Crippen LogP contribution < -0.4 is 0 Å². The zero-order chi connectivity index (χ0) is 13.3. The monoisotopic (exact) mass is 261 g/mol. The average Bonchev–Trinajstić information content (AvgIpc) is 2.73. The van der Waals surface area contributed by atoms with Crippen LogP contribution in [0.25, 0.3) is 0 Å². The number of hydrogen-bond acceptors (Lipinski definition) is 2. The second kappa shape index (κ2) is 4.62. The summed E-state index contributed by atoms with van der Waals surface area (Å²) in [7, 11) is 0. The Labute approximate surface area is 102 Å². The minimum atomic E-state index is -4.15. The van der Waals surface area contributed by atoms with Crippen LogP contribution in [0, 0.1) is 12.8 Å². The third-order valence-corrected chi connectivity index (χ3v) is 3.31. The Balaban J connectivity index is 1.99. The fourth-order valence-electron chi connectivity index (χ4n) is 2.15. The highest BCUT2D eigenvalue weighted by atomic mass is 19.4. The number of nitrogens with zero attached hydrogens (tertiary/aromatic N) is 2. The summed E-state index contributed by atoms with van der Waals surface area (Å²) in [6, 6.07) is 0. The molecular formula is C11H14F3N3O. The summed E-state index contributed by atoms with van der Waals surface area (Å²) < 4.78 is 37.5. The molecule has 0 radical (unpaired) electrons. The molecule has 1 saturated heterocycles. The lowest BCUT2D eigenvalue weighted by Gasteiger charge is -2.32. The number of aromatic amines is 1. The van der Waals surface area contributed by atoms with Gasteiger partial charge in [0.15, 0.2) is 0 Å². The largest absolute Gasteiger partial charge is 0.391 e. The number of amides is 1. The minimum absolute atomic E-state index is 0.0217. The molecule has 100 valence electrons.